The third kappa shape index (κ3) is 3.38. The highest BCUT2D eigenvalue weighted by molar-refractivity contribution is 7.99. The number of aromatic nitrogens is 2. The summed E-state index contributed by atoms with van der Waals surface area (Å²) in [7, 11) is 0. The molecule has 0 bridgehead atoms. The number of benzene rings is 1. The number of rotatable bonds is 3. The number of halogens is 2. The third-order valence-electron chi connectivity index (χ3n) is 4.75. The summed E-state index contributed by atoms with van der Waals surface area (Å²) in [6.45, 7) is 0. The predicted molar refractivity (Wildman–Crippen MR) is 105 cm³/mol. The van der Waals surface area contributed by atoms with Gasteiger partial charge in [0.05, 0.1) is 22.4 Å². The summed E-state index contributed by atoms with van der Waals surface area (Å²) in [4.78, 5) is 30.1. The minimum Gasteiger partial charge on any atom is -0.325 e. The second-order valence-corrected chi connectivity index (χ2v) is 8.37. The van der Waals surface area contributed by atoms with Crippen molar-refractivity contribution in [3.05, 3.63) is 49.9 Å². The molecule has 5 nitrogen and oxygen atoms in total. The number of aryl methyl sites for hydroxylation is 1. The zero-order chi connectivity index (χ0) is 18.3. The summed E-state index contributed by atoms with van der Waals surface area (Å²) in [5.41, 5.74) is 2.26. The van der Waals surface area contributed by atoms with Crippen LogP contribution >= 0.6 is 35.0 Å². The van der Waals surface area contributed by atoms with Crippen LogP contribution in [0.2, 0.25) is 10.0 Å². The molecule has 0 radical (unpaired) electrons. The van der Waals surface area contributed by atoms with Gasteiger partial charge in [0, 0.05) is 22.8 Å². The number of carbonyl (C=O) groups excluding carboxylic acids is 1. The van der Waals surface area contributed by atoms with E-state index in [1.807, 2.05) is 0 Å². The Morgan fingerprint density at radius 3 is 2.96 bits per heavy atom. The van der Waals surface area contributed by atoms with Crippen LogP contribution in [0.1, 0.15) is 36.6 Å². The Labute approximate surface area is 165 Å². The van der Waals surface area contributed by atoms with Crippen molar-refractivity contribution in [2.24, 2.45) is 0 Å². The first-order valence-corrected chi connectivity index (χ1v) is 10.3. The number of thioether (sulfide) groups is 1. The van der Waals surface area contributed by atoms with Gasteiger partial charge in [-0.05, 0) is 43.9 Å². The summed E-state index contributed by atoms with van der Waals surface area (Å²) in [5.74, 6) is 0.471. The Hall–Kier alpha value is -1.50. The van der Waals surface area contributed by atoms with E-state index in [0.717, 1.165) is 42.1 Å². The van der Waals surface area contributed by atoms with E-state index in [1.165, 1.54) is 0 Å². The van der Waals surface area contributed by atoms with Crippen LogP contribution in [0.15, 0.2) is 28.2 Å². The molecule has 1 N–H and O–H groups in total. The molecule has 4 rings (SSSR count). The standard InChI is InChI=1S/C18H17Cl2N3O2S/c19-10-5-6-13(20)15(7-10)21-16(24)8-11-9-26-18-22-14-4-2-1-3-12(14)17(25)23(11)18/h5-7,11H,1-4,8-9H2,(H,21,24). The number of hydrogen-bond acceptors (Lipinski definition) is 4. The van der Waals surface area contributed by atoms with Gasteiger partial charge in [0.1, 0.15) is 0 Å². The summed E-state index contributed by atoms with van der Waals surface area (Å²) in [6.07, 6.45) is 3.96. The quantitative estimate of drug-likeness (QED) is 0.774. The van der Waals surface area contributed by atoms with Crippen molar-refractivity contribution in [3.8, 4) is 0 Å². The lowest BCUT2D eigenvalue weighted by Gasteiger charge is -2.19. The van der Waals surface area contributed by atoms with Gasteiger partial charge in [-0.2, -0.15) is 0 Å². The molecule has 1 aromatic heterocycles. The summed E-state index contributed by atoms with van der Waals surface area (Å²) < 4.78 is 1.70. The van der Waals surface area contributed by atoms with Gasteiger partial charge in [-0.15, -0.1) is 0 Å². The Bertz CT molecular complexity index is 945. The first kappa shape index (κ1) is 17.9. The molecule has 1 aliphatic carbocycles. The molecule has 2 aromatic rings. The second kappa shape index (κ2) is 7.25. The van der Waals surface area contributed by atoms with Crippen LogP contribution in [0, 0.1) is 0 Å². The van der Waals surface area contributed by atoms with Gasteiger partial charge in [-0.1, -0.05) is 35.0 Å². The maximum Gasteiger partial charge on any atom is 0.257 e. The molecule has 1 amide bonds. The molecular formula is C18H17Cl2N3O2S. The normalized spacial score (nSPS) is 18.3. The average molecular weight is 410 g/mol. The van der Waals surface area contributed by atoms with Gasteiger partial charge in [0.2, 0.25) is 5.91 Å². The topological polar surface area (TPSA) is 64.0 Å². The second-order valence-electron chi connectivity index (χ2n) is 6.54. The van der Waals surface area contributed by atoms with Crippen molar-refractivity contribution in [1.82, 2.24) is 9.55 Å². The van der Waals surface area contributed by atoms with E-state index in [-0.39, 0.29) is 23.9 Å². The first-order chi connectivity index (χ1) is 12.5. The number of hydrogen-bond donors (Lipinski definition) is 1. The molecule has 8 heteroatoms. The van der Waals surface area contributed by atoms with Crippen LogP contribution in [0.3, 0.4) is 0 Å². The molecule has 0 saturated heterocycles. The highest BCUT2D eigenvalue weighted by Gasteiger charge is 2.30. The van der Waals surface area contributed by atoms with E-state index in [4.69, 9.17) is 23.2 Å². The van der Waals surface area contributed by atoms with Gasteiger partial charge in [-0.3, -0.25) is 14.2 Å². The molecule has 136 valence electrons. The van der Waals surface area contributed by atoms with Gasteiger partial charge in [-0.25, -0.2) is 4.98 Å². The van der Waals surface area contributed by atoms with Crippen LogP contribution in [0.4, 0.5) is 5.69 Å². The molecule has 1 atom stereocenters. The SMILES string of the molecule is O=C(CC1CSc2nc3c(c(=O)n21)CCCC3)Nc1cc(Cl)ccc1Cl. The van der Waals surface area contributed by atoms with Crippen molar-refractivity contribution in [1.29, 1.82) is 0 Å². The minimum absolute atomic E-state index is 0.0216. The Kier molecular flexibility index (Phi) is 4.99. The Morgan fingerprint density at radius 1 is 1.31 bits per heavy atom. The average Bonchev–Trinajstić information content (AvgIpc) is 3.01. The van der Waals surface area contributed by atoms with Crippen molar-refractivity contribution in [2.75, 3.05) is 11.1 Å². The van der Waals surface area contributed by atoms with E-state index in [2.05, 4.69) is 10.3 Å². The number of carbonyl (C=O) groups is 1. The van der Waals surface area contributed by atoms with Crippen molar-refractivity contribution >= 4 is 46.6 Å². The van der Waals surface area contributed by atoms with Crippen LogP contribution < -0.4 is 10.9 Å². The largest absolute Gasteiger partial charge is 0.325 e. The lowest BCUT2D eigenvalue weighted by Crippen LogP contribution is -2.32. The lowest BCUT2D eigenvalue weighted by atomic mass is 9.97. The van der Waals surface area contributed by atoms with Crippen molar-refractivity contribution in [2.45, 2.75) is 43.3 Å². The number of nitrogens with one attached hydrogen (secondary N) is 1. The molecule has 0 spiro atoms. The molecule has 0 saturated carbocycles. The van der Waals surface area contributed by atoms with Gasteiger partial charge >= 0.3 is 0 Å². The van der Waals surface area contributed by atoms with E-state index in [9.17, 15) is 9.59 Å². The highest BCUT2D eigenvalue weighted by atomic mass is 35.5. The molecule has 1 aromatic carbocycles. The van der Waals surface area contributed by atoms with E-state index >= 15 is 0 Å². The predicted octanol–water partition coefficient (Wildman–Crippen LogP) is 4.10. The smallest absolute Gasteiger partial charge is 0.257 e. The number of fused-ring (bicyclic) bond motifs is 2. The van der Waals surface area contributed by atoms with Gasteiger partial charge in [0.15, 0.2) is 5.16 Å². The van der Waals surface area contributed by atoms with E-state index in [0.29, 0.717) is 21.5 Å². The van der Waals surface area contributed by atoms with Crippen LogP contribution in [-0.2, 0) is 17.6 Å². The molecule has 1 aliphatic heterocycles. The minimum atomic E-state index is -0.197. The fourth-order valence-electron chi connectivity index (χ4n) is 3.47. The summed E-state index contributed by atoms with van der Waals surface area (Å²) in [6, 6.07) is 4.72. The number of nitrogens with zero attached hydrogens (tertiary/aromatic N) is 2. The maximum absolute atomic E-state index is 12.9. The van der Waals surface area contributed by atoms with Gasteiger partial charge in [0.25, 0.3) is 5.56 Å². The molecule has 1 unspecified atom stereocenters. The Morgan fingerprint density at radius 2 is 2.12 bits per heavy atom. The fourth-order valence-corrected chi connectivity index (χ4v) is 4.96. The zero-order valence-electron chi connectivity index (χ0n) is 13.9. The highest BCUT2D eigenvalue weighted by Crippen LogP contribution is 2.34. The van der Waals surface area contributed by atoms with Crippen molar-refractivity contribution < 1.29 is 4.79 Å². The third-order valence-corrected chi connectivity index (χ3v) is 6.41. The van der Waals surface area contributed by atoms with E-state index < -0.39 is 0 Å². The van der Waals surface area contributed by atoms with Gasteiger partial charge < -0.3 is 5.32 Å². The summed E-state index contributed by atoms with van der Waals surface area (Å²) in [5, 5.41) is 4.45. The molecule has 0 fully saturated rings. The molecule has 26 heavy (non-hydrogen) atoms. The van der Waals surface area contributed by atoms with Crippen molar-refractivity contribution in [3.63, 3.8) is 0 Å². The summed E-state index contributed by atoms with van der Waals surface area (Å²) >= 11 is 13.6. The molecular weight excluding hydrogens is 393 g/mol. The zero-order valence-corrected chi connectivity index (χ0v) is 16.3. The monoisotopic (exact) mass is 409 g/mol. The maximum atomic E-state index is 12.9. The number of anilines is 1. The van der Waals surface area contributed by atoms with Crippen LogP contribution in [0.25, 0.3) is 0 Å². The first-order valence-electron chi connectivity index (χ1n) is 8.55. The van der Waals surface area contributed by atoms with Crippen LogP contribution in [-0.4, -0.2) is 21.2 Å². The number of amides is 1. The Balaban J connectivity index is 1.55. The molecule has 2 heterocycles. The fraction of sp³-hybridized carbons (Fsp3) is 0.389. The van der Waals surface area contributed by atoms with Crippen LogP contribution in [0.5, 0.6) is 0 Å². The molecule has 2 aliphatic rings. The lowest BCUT2D eigenvalue weighted by molar-refractivity contribution is -0.116. The van der Waals surface area contributed by atoms with E-state index in [1.54, 1.807) is 34.5 Å².